The zero-order chi connectivity index (χ0) is 14.1. The second kappa shape index (κ2) is 8.26. The minimum Gasteiger partial charge on any atom is -0.379 e. The molecule has 1 amide bonds. The van der Waals surface area contributed by atoms with Gasteiger partial charge in [-0.2, -0.15) is 0 Å². The Hall–Kier alpha value is -1.88. The molecule has 19 heavy (non-hydrogen) atoms. The summed E-state index contributed by atoms with van der Waals surface area (Å²) in [5, 5.41) is 3.13. The molecule has 5 nitrogen and oxygen atoms in total. The fourth-order valence-electron chi connectivity index (χ4n) is 1.40. The summed E-state index contributed by atoms with van der Waals surface area (Å²) in [4.78, 5) is 17.4. The van der Waals surface area contributed by atoms with E-state index in [4.69, 9.17) is 4.74 Å². The summed E-state index contributed by atoms with van der Waals surface area (Å²) in [6, 6.07) is 3.55. The van der Waals surface area contributed by atoms with Crippen LogP contribution in [0.2, 0.25) is 0 Å². The van der Waals surface area contributed by atoms with E-state index >= 15 is 0 Å². The maximum atomic E-state index is 11.7. The van der Waals surface area contributed by atoms with Crippen molar-refractivity contribution in [3.8, 4) is 0 Å². The number of pyridine rings is 1. The largest absolute Gasteiger partial charge is 0.379 e. The Morgan fingerprint density at radius 2 is 2.26 bits per heavy atom. The van der Waals surface area contributed by atoms with E-state index in [1.807, 2.05) is 6.08 Å². The molecule has 0 aliphatic rings. The van der Waals surface area contributed by atoms with Gasteiger partial charge in [0.25, 0.3) is 5.91 Å². The summed E-state index contributed by atoms with van der Waals surface area (Å²) in [6.07, 6.45) is 4.26. The van der Waals surface area contributed by atoms with Crippen LogP contribution in [-0.2, 0) is 4.74 Å². The van der Waals surface area contributed by atoms with Crippen molar-refractivity contribution in [2.24, 2.45) is 0 Å². The Labute approximate surface area is 114 Å². The average Bonchev–Trinajstić information content (AvgIpc) is 2.42. The highest BCUT2D eigenvalue weighted by molar-refractivity contribution is 5.93. The molecule has 0 fully saturated rings. The lowest BCUT2D eigenvalue weighted by Crippen LogP contribution is -2.21. The van der Waals surface area contributed by atoms with Gasteiger partial charge in [0.15, 0.2) is 0 Å². The molecule has 1 heterocycles. The Bertz CT molecular complexity index is 402. The minimum absolute atomic E-state index is 0.0493. The molecule has 0 bridgehead atoms. The molecule has 0 aliphatic heterocycles. The van der Waals surface area contributed by atoms with Crippen LogP contribution in [0.25, 0.3) is 0 Å². The molecule has 1 aromatic heterocycles. The van der Waals surface area contributed by atoms with Crippen molar-refractivity contribution in [2.45, 2.75) is 6.42 Å². The van der Waals surface area contributed by atoms with Crippen LogP contribution < -0.4 is 5.32 Å². The third-order valence-electron chi connectivity index (χ3n) is 2.44. The van der Waals surface area contributed by atoms with Gasteiger partial charge in [0.2, 0.25) is 0 Å². The molecule has 0 unspecified atom stereocenters. The first-order chi connectivity index (χ1) is 9.15. The van der Waals surface area contributed by atoms with E-state index in [1.165, 1.54) is 4.90 Å². The number of amides is 1. The predicted molar refractivity (Wildman–Crippen MR) is 76.4 cm³/mol. The monoisotopic (exact) mass is 263 g/mol. The fourth-order valence-corrected chi connectivity index (χ4v) is 1.40. The van der Waals surface area contributed by atoms with E-state index in [0.29, 0.717) is 25.3 Å². The van der Waals surface area contributed by atoms with Gasteiger partial charge in [0, 0.05) is 26.8 Å². The molecular formula is C14H21N3O2. The van der Waals surface area contributed by atoms with Crippen molar-refractivity contribution >= 4 is 11.7 Å². The molecule has 0 aromatic carbocycles. The molecule has 1 N–H and O–H groups in total. The highest BCUT2D eigenvalue weighted by Crippen LogP contribution is 2.06. The molecule has 0 saturated carbocycles. The van der Waals surface area contributed by atoms with Crippen molar-refractivity contribution in [1.82, 2.24) is 9.88 Å². The maximum Gasteiger partial charge on any atom is 0.254 e. The van der Waals surface area contributed by atoms with Crippen molar-refractivity contribution < 1.29 is 9.53 Å². The Balaban J connectivity index is 2.32. The van der Waals surface area contributed by atoms with Crippen molar-refractivity contribution in [3.63, 3.8) is 0 Å². The number of carbonyl (C=O) groups is 1. The second-order valence-corrected chi connectivity index (χ2v) is 4.25. The molecule has 0 atom stereocenters. The van der Waals surface area contributed by atoms with Crippen LogP contribution >= 0.6 is 0 Å². The third kappa shape index (κ3) is 5.52. The molecule has 0 radical (unpaired) electrons. The van der Waals surface area contributed by atoms with Crippen LogP contribution in [0.4, 0.5) is 5.82 Å². The fraction of sp³-hybridized carbons (Fsp3) is 0.429. The Morgan fingerprint density at radius 1 is 1.47 bits per heavy atom. The number of aromatic nitrogens is 1. The van der Waals surface area contributed by atoms with Gasteiger partial charge in [-0.25, -0.2) is 4.98 Å². The quantitative estimate of drug-likeness (QED) is 0.574. The zero-order valence-electron chi connectivity index (χ0n) is 11.6. The molecule has 1 rings (SSSR count). The van der Waals surface area contributed by atoms with Gasteiger partial charge in [0.05, 0.1) is 18.8 Å². The minimum atomic E-state index is -0.0493. The highest BCUT2D eigenvalue weighted by Gasteiger charge is 2.07. The van der Waals surface area contributed by atoms with E-state index in [2.05, 4.69) is 16.9 Å². The molecule has 5 heteroatoms. The van der Waals surface area contributed by atoms with Crippen molar-refractivity contribution in [1.29, 1.82) is 0 Å². The summed E-state index contributed by atoms with van der Waals surface area (Å²) in [6.45, 7) is 5.62. The number of ether oxygens (including phenoxy) is 1. The lowest BCUT2D eigenvalue weighted by atomic mass is 10.2. The van der Waals surface area contributed by atoms with Gasteiger partial charge in [-0.05, 0) is 18.6 Å². The standard InChI is InChI=1S/C14H21N3O2/c1-4-5-9-19-10-8-15-13-7-6-12(11-16-13)14(18)17(2)3/h4,6-7,11H,1,5,8-10H2,2-3H3,(H,15,16). The predicted octanol–water partition coefficient (Wildman–Crippen LogP) is 1.79. The first-order valence-electron chi connectivity index (χ1n) is 6.25. The van der Waals surface area contributed by atoms with Gasteiger partial charge >= 0.3 is 0 Å². The summed E-state index contributed by atoms with van der Waals surface area (Å²) in [5.41, 5.74) is 0.581. The molecule has 0 aliphatic carbocycles. The first kappa shape index (κ1) is 15.2. The van der Waals surface area contributed by atoms with Crippen LogP contribution in [0.3, 0.4) is 0 Å². The SMILES string of the molecule is C=CCCOCCNc1ccc(C(=O)N(C)C)cn1. The van der Waals surface area contributed by atoms with Crippen molar-refractivity contribution in [3.05, 3.63) is 36.5 Å². The van der Waals surface area contributed by atoms with E-state index < -0.39 is 0 Å². The van der Waals surface area contributed by atoms with Crippen molar-refractivity contribution in [2.75, 3.05) is 39.2 Å². The van der Waals surface area contributed by atoms with Gasteiger partial charge in [-0.1, -0.05) is 6.08 Å². The van der Waals surface area contributed by atoms with Crippen LogP contribution in [0.5, 0.6) is 0 Å². The van der Waals surface area contributed by atoms with Crippen LogP contribution in [-0.4, -0.2) is 49.6 Å². The van der Waals surface area contributed by atoms with Gasteiger partial charge in [-0.3, -0.25) is 4.79 Å². The number of nitrogens with zero attached hydrogens (tertiary/aromatic N) is 2. The molecule has 1 aromatic rings. The smallest absolute Gasteiger partial charge is 0.254 e. The summed E-state index contributed by atoms with van der Waals surface area (Å²) < 4.78 is 5.37. The molecule has 104 valence electrons. The van der Waals surface area contributed by atoms with E-state index in [9.17, 15) is 4.79 Å². The van der Waals surface area contributed by atoms with Crippen LogP contribution in [0.15, 0.2) is 31.0 Å². The summed E-state index contributed by atoms with van der Waals surface area (Å²) in [7, 11) is 3.43. The normalized spacial score (nSPS) is 10.0. The maximum absolute atomic E-state index is 11.7. The van der Waals surface area contributed by atoms with E-state index in [-0.39, 0.29) is 5.91 Å². The highest BCUT2D eigenvalue weighted by atomic mass is 16.5. The molecular weight excluding hydrogens is 242 g/mol. The Kier molecular flexibility index (Phi) is 6.60. The number of nitrogens with one attached hydrogen (secondary N) is 1. The number of rotatable bonds is 8. The van der Waals surface area contributed by atoms with E-state index in [0.717, 1.165) is 12.2 Å². The number of carbonyl (C=O) groups excluding carboxylic acids is 1. The topological polar surface area (TPSA) is 54.5 Å². The van der Waals surface area contributed by atoms with Gasteiger partial charge in [0.1, 0.15) is 5.82 Å². The lowest BCUT2D eigenvalue weighted by Gasteiger charge is -2.10. The number of hydrogen-bond acceptors (Lipinski definition) is 4. The lowest BCUT2D eigenvalue weighted by molar-refractivity contribution is 0.0827. The second-order valence-electron chi connectivity index (χ2n) is 4.25. The Morgan fingerprint density at radius 3 is 2.84 bits per heavy atom. The number of hydrogen-bond donors (Lipinski definition) is 1. The average molecular weight is 263 g/mol. The van der Waals surface area contributed by atoms with Gasteiger partial charge in [-0.15, -0.1) is 6.58 Å². The summed E-state index contributed by atoms with van der Waals surface area (Å²) in [5.74, 6) is 0.689. The van der Waals surface area contributed by atoms with Gasteiger partial charge < -0.3 is 15.0 Å². The molecule has 0 spiro atoms. The molecule has 0 saturated heterocycles. The van der Waals surface area contributed by atoms with Crippen LogP contribution in [0, 0.1) is 0 Å². The first-order valence-corrected chi connectivity index (χ1v) is 6.25. The third-order valence-corrected chi connectivity index (χ3v) is 2.44. The van der Waals surface area contributed by atoms with Crippen LogP contribution in [0.1, 0.15) is 16.8 Å². The van der Waals surface area contributed by atoms with E-state index in [1.54, 1.807) is 32.4 Å². The number of anilines is 1. The zero-order valence-corrected chi connectivity index (χ0v) is 11.6. The summed E-state index contributed by atoms with van der Waals surface area (Å²) >= 11 is 0.